The Hall–Kier alpha value is -2.67. The Bertz CT molecular complexity index is 785. The van der Waals surface area contributed by atoms with E-state index in [4.69, 9.17) is 4.74 Å². The third-order valence-corrected chi connectivity index (χ3v) is 5.41. The van der Waals surface area contributed by atoms with E-state index in [1.807, 2.05) is 12.2 Å². The lowest BCUT2D eigenvalue weighted by molar-refractivity contribution is -0.139. The molecule has 0 aromatic heterocycles. The van der Waals surface area contributed by atoms with Crippen molar-refractivity contribution in [1.29, 1.82) is 0 Å². The van der Waals surface area contributed by atoms with E-state index in [0.29, 0.717) is 30.6 Å². The highest BCUT2D eigenvalue weighted by Crippen LogP contribution is 2.32. The van der Waals surface area contributed by atoms with E-state index in [1.54, 1.807) is 24.3 Å². The van der Waals surface area contributed by atoms with Crippen molar-refractivity contribution in [2.45, 2.75) is 31.8 Å². The van der Waals surface area contributed by atoms with E-state index in [9.17, 15) is 14.4 Å². The van der Waals surface area contributed by atoms with Gasteiger partial charge in [0.2, 0.25) is 11.8 Å². The molecule has 3 amide bonds. The van der Waals surface area contributed by atoms with Crippen LogP contribution in [0.5, 0.6) is 0 Å². The molecule has 0 radical (unpaired) electrons. The molecule has 0 unspecified atom stereocenters. The predicted molar refractivity (Wildman–Crippen MR) is 98.7 cm³/mol. The van der Waals surface area contributed by atoms with Gasteiger partial charge < -0.3 is 10.1 Å². The van der Waals surface area contributed by atoms with Crippen LogP contribution in [0.1, 0.15) is 36.0 Å². The number of carbonyl (C=O) groups is 3. The molecule has 7 heteroatoms. The molecule has 4 rings (SSSR count). The fourth-order valence-electron chi connectivity index (χ4n) is 3.88. The second-order valence-electron chi connectivity index (χ2n) is 7.20. The SMILES string of the molecule is O=C(NC[C@@H]1CCCO1)c1cccc(N2NC(=O)[C@H]3CC=CC[C@@H]3C2=O)c1. The summed E-state index contributed by atoms with van der Waals surface area (Å²) in [6.45, 7) is 1.21. The van der Waals surface area contributed by atoms with Gasteiger partial charge >= 0.3 is 0 Å². The Morgan fingerprint density at radius 1 is 1.22 bits per heavy atom. The summed E-state index contributed by atoms with van der Waals surface area (Å²) >= 11 is 0. The third kappa shape index (κ3) is 3.60. The lowest BCUT2D eigenvalue weighted by Gasteiger charge is -2.38. The van der Waals surface area contributed by atoms with Crippen LogP contribution >= 0.6 is 0 Å². The summed E-state index contributed by atoms with van der Waals surface area (Å²) in [5.41, 5.74) is 3.62. The van der Waals surface area contributed by atoms with Gasteiger partial charge in [0.05, 0.1) is 23.6 Å². The van der Waals surface area contributed by atoms with Crippen molar-refractivity contribution in [2.24, 2.45) is 11.8 Å². The second kappa shape index (κ2) is 7.52. The smallest absolute Gasteiger partial charge is 0.251 e. The molecule has 2 saturated heterocycles. The number of nitrogens with zero attached hydrogens (tertiary/aromatic N) is 1. The fraction of sp³-hybridized carbons (Fsp3) is 0.450. The monoisotopic (exact) mass is 369 g/mol. The highest BCUT2D eigenvalue weighted by Gasteiger charge is 2.42. The number of anilines is 1. The van der Waals surface area contributed by atoms with Gasteiger partial charge in [-0.05, 0) is 43.9 Å². The molecular weight excluding hydrogens is 346 g/mol. The number of carbonyl (C=O) groups excluding carboxylic acids is 3. The highest BCUT2D eigenvalue weighted by molar-refractivity contribution is 6.05. The van der Waals surface area contributed by atoms with Crippen molar-refractivity contribution < 1.29 is 19.1 Å². The maximum Gasteiger partial charge on any atom is 0.251 e. The van der Waals surface area contributed by atoms with Crippen LogP contribution in [0, 0.1) is 11.8 Å². The molecule has 2 aliphatic heterocycles. The molecule has 0 spiro atoms. The Balaban J connectivity index is 1.48. The summed E-state index contributed by atoms with van der Waals surface area (Å²) in [7, 11) is 0. The van der Waals surface area contributed by atoms with Crippen LogP contribution in [-0.4, -0.2) is 37.0 Å². The van der Waals surface area contributed by atoms with Crippen molar-refractivity contribution >= 4 is 23.4 Å². The molecule has 0 saturated carbocycles. The highest BCUT2D eigenvalue weighted by atomic mass is 16.5. The lowest BCUT2D eigenvalue weighted by atomic mass is 9.80. The first-order chi connectivity index (χ1) is 13.1. The molecule has 2 heterocycles. The molecule has 3 aliphatic rings. The number of hydrazine groups is 1. The largest absolute Gasteiger partial charge is 0.376 e. The Labute approximate surface area is 157 Å². The van der Waals surface area contributed by atoms with Crippen LogP contribution in [0.3, 0.4) is 0 Å². The fourth-order valence-corrected chi connectivity index (χ4v) is 3.88. The Morgan fingerprint density at radius 2 is 2.04 bits per heavy atom. The maximum absolute atomic E-state index is 12.8. The van der Waals surface area contributed by atoms with Crippen LogP contribution in [0.25, 0.3) is 0 Å². The average Bonchev–Trinajstić information content (AvgIpc) is 3.23. The van der Waals surface area contributed by atoms with Crippen LogP contribution < -0.4 is 15.8 Å². The molecule has 3 atom stereocenters. The molecule has 0 bridgehead atoms. The van der Waals surface area contributed by atoms with E-state index in [0.717, 1.165) is 19.4 Å². The van der Waals surface area contributed by atoms with E-state index in [2.05, 4.69) is 10.7 Å². The number of fused-ring (bicyclic) bond motifs is 1. The third-order valence-electron chi connectivity index (χ3n) is 5.41. The van der Waals surface area contributed by atoms with E-state index >= 15 is 0 Å². The summed E-state index contributed by atoms with van der Waals surface area (Å²) in [6, 6.07) is 6.75. The Kier molecular flexibility index (Phi) is 4.94. The van der Waals surface area contributed by atoms with E-state index < -0.39 is 0 Å². The number of allylic oxidation sites excluding steroid dienone is 2. The van der Waals surface area contributed by atoms with Crippen LogP contribution in [0.2, 0.25) is 0 Å². The van der Waals surface area contributed by atoms with Gasteiger partial charge in [-0.2, -0.15) is 0 Å². The first-order valence-electron chi connectivity index (χ1n) is 9.43. The maximum atomic E-state index is 12.8. The standard InChI is InChI=1S/C20H23N3O4/c24-18(21-12-15-7-4-10-27-15)13-5-3-6-14(11-13)23-20(26)17-9-2-1-8-16(17)19(25)22-23/h1-3,5-6,11,15-17H,4,7-10,12H2,(H,21,24)(H,22,25)/t15-,16-,17-/m0/s1. The van der Waals surface area contributed by atoms with Crippen LogP contribution in [0.15, 0.2) is 36.4 Å². The van der Waals surface area contributed by atoms with Gasteiger partial charge in [0, 0.05) is 18.7 Å². The number of benzene rings is 1. The number of nitrogens with one attached hydrogen (secondary N) is 2. The number of ether oxygens (including phenoxy) is 1. The first-order valence-corrected chi connectivity index (χ1v) is 9.43. The van der Waals surface area contributed by atoms with Crippen LogP contribution in [-0.2, 0) is 14.3 Å². The molecule has 142 valence electrons. The van der Waals surface area contributed by atoms with Gasteiger partial charge in [-0.15, -0.1) is 0 Å². The van der Waals surface area contributed by atoms with Crippen molar-refractivity contribution in [2.75, 3.05) is 18.2 Å². The topological polar surface area (TPSA) is 87.7 Å². The summed E-state index contributed by atoms with van der Waals surface area (Å²) < 4.78 is 5.51. The number of hydrogen-bond donors (Lipinski definition) is 2. The van der Waals surface area contributed by atoms with Gasteiger partial charge in [0.1, 0.15) is 0 Å². The molecule has 2 N–H and O–H groups in total. The van der Waals surface area contributed by atoms with Crippen molar-refractivity contribution in [3.63, 3.8) is 0 Å². The summed E-state index contributed by atoms with van der Waals surface area (Å²) in [5.74, 6) is -1.17. The number of hydrogen-bond acceptors (Lipinski definition) is 4. The summed E-state index contributed by atoms with van der Waals surface area (Å²) in [5, 5.41) is 4.15. The first kappa shape index (κ1) is 17.7. The minimum atomic E-state index is -0.347. The van der Waals surface area contributed by atoms with Gasteiger partial charge in [-0.25, -0.2) is 5.01 Å². The van der Waals surface area contributed by atoms with Crippen LogP contribution in [0.4, 0.5) is 5.69 Å². The molecule has 1 aliphatic carbocycles. The van der Waals surface area contributed by atoms with Crippen molar-refractivity contribution in [3.8, 4) is 0 Å². The van der Waals surface area contributed by atoms with Gasteiger partial charge in [0.25, 0.3) is 5.91 Å². The molecule has 7 nitrogen and oxygen atoms in total. The minimum Gasteiger partial charge on any atom is -0.376 e. The number of rotatable bonds is 4. The number of amides is 3. The predicted octanol–water partition coefficient (Wildman–Crippen LogP) is 1.56. The second-order valence-corrected chi connectivity index (χ2v) is 7.20. The van der Waals surface area contributed by atoms with E-state index in [1.165, 1.54) is 5.01 Å². The zero-order valence-electron chi connectivity index (χ0n) is 15.0. The lowest BCUT2D eigenvalue weighted by Crippen LogP contribution is -2.59. The zero-order chi connectivity index (χ0) is 18.8. The molecular formula is C20H23N3O4. The molecule has 1 aromatic rings. The van der Waals surface area contributed by atoms with Crippen molar-refractivity contribution in [3.05, 3.63) is 42.0 Å². The summed E-state index contributed by atoms with van der Waals surface area (Å²) in [4.78, 5) is 37.7. The van der Waals surface area contributed by atoms with Gasteiger partial charge in [-0.1, -0.05) is 18.2 Å². The molecule has 2 fully saturated rings. The average molecular weight is 369 g/mol. The van der Waals surface area contributed by atoms with Crippen molar-refractivity contribution in [1.82, 2.24) is 10.7 Å². The normalized spacial score (nSPS) is 27.3. The quantitative estimate of drug-likeness (QED) is 0.789. The molecule has 27 heavy (non-hydrogen) atoms. The summed E-state index contributed by atoms with van der Waals surface area (Å²) in [6.07, 6.45) is 7.08. The minimum absolute atomic E-state index is 0.0661. The van der Waals surface area contributed by atoms with E-state index in [-0.39, 0.29) is 35.7 Å². The Morgan fingerprint density at radius 3 is 2.81 bits per heavy atom. The zero-order valence-corrected chi connectivity index (χ0v) is 15.0. The van der Waals surface area contributed by atoms with Gasteiger partial charge in [-0.3, -0.25) is 19.8 Å². The molecule has 1 aromatic carbocycles. The van der Waals surface area contributed by atoms with Gasteiger partial charge in [0.15, 0.2) is 0 Å².